The van der Waals surface area contributed by atoms with E-state index in [-0.39, 0.29) is 18.0 Å². The van der Waals surface area contributed by atoms with Crippen LogP contribution in [0.2, 0.25) is 0 Å². The summed E-state index contributed by atoms with van der Waals surface area (Å²) in [6, 6.07) is 4.70. The van der Waals surface area contributed by atoms with E-state index in [1.165, 1.54) is 18.3 Å². The second-order valence-corrected chi connectivity index (χ2v) is 7.12. The van der Waals surface area contributed by atoms with Gasteiger partial charge < -0.3 is 9.64 Å². The zero-order valence-electron chi connectivity index (χ0n) is 16.5. The predicted octanol–water partition coefficient (Wildman–Crippen LogP) is 4.97. The van der Waals surface area contributed by atoms with E-state index >= 15 is 0 Å². The first-order valence-electron chi connectivity index (χ1n) is 9.80. The third kappa shape index (κ3) is 5.25. The summed E-state index contributed by atoms with van der Waals surface area (Å²) in [5, 5.41) is 0. The van der Waals surface area contributed by atoms with Gasteiger partial charge in [0.05, 0.1) is 12.2 Å². The first-order chi connectivity index (χ1) is 13.8. The third-order valence-corrected chi connectivity index (χ3v) is 4.70. The summed E-state index contributed by atoms with van der Waals surface area (Å²) in [5.41, 5.74) is 0.0000936. The van der Waals surface area contributed by atoms with E-state index in [9.17, 15) is 18.0 Å². The molecule has 1 aliphatic carbocycles. The Hall–Kier alpha value is -2.64. The van der Waals surface area contributed by atoms with Crippen LogP contribution in [0.4, 0.5) is 19.0 Å². The van der Waals surface area contributed by atoms with Gasteiger partial charge in [-0.15, -0.1) is 0 Å². The maximum atomic E-state index is 12.8. The van der Waals surface area contributed by atoms with E-state index < -0.39 is 17.7 Å². The molecule has 5 nitrogen and oxygen atoms in total. The van der Waals surface area contributed by atoms with Crippen molar-refractivity contribution in [2.45, 2.75) is 39.3 Å². The van der Waals surface area contributed by atoms with Crippen molar-refractivity contribution in [1.29, 1.82) is 0 Å². The molecule has 8 heteroatoms. The smallest absolute Gasteiger partial charge is 0.416 e. The molecule has 0 unspecified atom stereocenters. The van der Waals surface area contributed by atoms with Gasteiger partial charge in [0.25, 0.3) is 0 Å². The van der Waals surface area contributed by atoms with E-state index in [4.69, 9.17) is 4.74 Å². The lowest BCUT2D eigenvalue weighted by atomic mass is 10.1. The molecule has 1 saturated carbocycles. The molecule has 0 saturated heterocycles. The maximum absolute atomic E-state index is 12.8. The van der Waals surface area contributed by atoms with Crippen LogP contribution in [0.1, 0.15) is 49.0 Å². The Balaban J connectivity index is 1.99. The molecule has 3 rings (SSSR count). The molecule has 0 N–H and O–H groups in total. The lowest BCUT2D eigenvalue weighted by molar-refractivity contribution is -0.137. The number of alkyl halides is 3. The maximum Gasteiger partial charge on any atom is 0.416 e. The summed E-state index contributed by atoms with van der Waals surface area (Å²) in [4.78, 5) is 23.3. The lowest BCUT2D eigenvalue weighted by Crippen LogP contribution is -2.30. The van der Waals surface area contributed by atoms with Crippen LogP contribution < -0.4 is 4.90 Å². The number of ether oxygens (including phenoxy) is 1. The minimum absolute atomic E-state index is 0.231. The minimum atomic E-state index is -4.40. The first-order valence-corrected chi connectivity index (χ1v) is 9.80. The number of carbonyl (C=O) groups excluding carboxylic acids is 1. The summed E-state index contributed by atoms with van der Waals surface area (Å²) in [5.74, 6) is 0.820. The number of aromatic nitrogens is 2. The molecule has 2 aromatic rings. The van der Waals surface area contributed by atoms with Gasteiger partial charge in [-0.25, -0.2) is 14.8 Å². The van der Waals surface area contributed by atoms with E-state index in [1.54, 1.807) is 6.92 Å². The topological polar surface area (TPSA) is 55.3 Å². The van der Waals surface area contributed by atoms with E-state index in [0.717, 1.165) is 37.9 Å². The van der Waals surface area contributed by atoms with E-state index in [1.807, 2.05) is 6.92 Å². The van der Waals surface area contributed by atoms with Gasteiger partial charge in [-0.05, 0) is 44.2 Å². The summed E-state index contributed by atoms with van der Waals surface area (Å²) < 4.78 is 43.6. The average molecular weight is 407 g/mol. The molecular weight excluding hydrogens is 383 g/mol. The van der Waals surface area contributed by atoms with Crippen LogP contribution in [0.5, 0.6) is 0 Å². The Morgan fingerprint density at radius 3 is 2.45 bits per heavy atom. The zero-order chi connectivity index (χ0) is 21.0. The molecular formula is C21H24F3N3O2. The van der Waals surface area contributed by atoms with Gasteiger partial charge in [0.2, 0.25) is 0 Å². The zero-order valence-corrected chi connectivity index (χ0v) is 16.5. The number of hydrogen-bond acceptors (Lipinski definition) is 5. The number of hydrogen-bond donors (Lipinski definition) is 0. The number of rotatable bonds is 8. The van der Waals surface area contributed by atoms with E-state index in [0.29, 0.717) is 23.8 Å². The Bertz CT molecular complexity index is 849. The predicted molar refractivity (Wildman–Crippen MR) is 104 cm³/mol. The van der Waals surface area contributed by atoms with Gasteiger partial charge in [-0.3, -0.25) is 0 Å². The van der Waals surface area contributed by atoms with Crippen LogP contribution in [0, 0.1) is 5.92 Å². The second kappa shape index (κ2) is 8.80. The highest BCUT2D eigenvalue weighted by molar-refractivity contribution is 5.94. The van der Waals surface area contributed by atoms with Gasteiger partial charge in [-0.2, -0.15) is 13.2 Å². The molecule has 0 bridgehead atoms. The quantitative estimate of drug-likeness (QED) is 0.579. The lowest BCUT2D eigenvalue weighted by Gasteiger charge is -2.25. The van der Waals surface area contributed by atoms with Crippen LogP contribution in [-0.2, 0) is 10.9 Å². The van der Waals surface area contributed by atoms with Gasteiger partial charge in [0, 0.05) is 24.8 Å². The molecule has 1 aromatic heterocycles. The fourth-order valence-electron chi connectivity index (χ4n) is 3.08. The summed E-state index contributed by atoms with van der Waals surface area (Å²) in [6.07, 6.45) is 0.162. The largest absolute Gasteiger partial charge is 0.462 e. The molecule has 0 radical (unpaired) electrons. The van der Waals surface area contributed by atoms with Crippen molar-refractivity contribution in [1.82, 2.24) is 9.97 Å². The van der Waals surface area contributed by atoms with Gasteiger partial charge in [0.1, 0.15) is 11.4 Å². The molecule has 0 amide bonds. The molecule has 1 aromatic carbocycles. The van der Waals surface area contributed by atoms with Crippen molar-refractivity contribution in [3.63, 3.8) is 0 Å². The summed E-state index contributed by atoms with van der Waals surface area (Å²) in [6.45, 7) is 5.50. The number of esters is 1. The standard InChI is InChI=1S/C21H24F3N3O2/c1-3-11-27(13-14-5-6-14)19-17(20(28)29-4-2)12-25-18(26-19)15-7-9-16(10-8-15)21(22,23)24/h7-10,12,14H,3-6,11,13H2,1-2H3. The van der Waals surface area contributed by atoms with Crippen molar-refractivity contribution in [2.24, 2.45) is 5.92 Å². The third-order valence-electron chi connectivity index (χ3n) is 4.70. The number of benzene rings is 1. The van der Waals surface area contributed by atoms with Crippen molar-refractivity contribution in [3.8, 4) is 11.4 Å². The van der Waals surface area contributed by atoms with Crippen molar-refractivity contribution in [3.05, 3.63) is 41.6 Å². The molecule has 156 valence electrons. The van der Waals surface area contributed by atoms with Crippen LogP contribution in [-0.4, -0.2) is 35.6 Å². The highest BCUT2D eigenvalue weighted by Crippen LogP contribution is 2.33. The highest BCUT2D eigenvalue weighted by atomic mass is 19.4. The highest BCUT2D eigenvalue weighted by Gasteiger charge is 2.31. The number of halogens is 3. The van der Waals surface area contributed by atoms with E-state index in [2.05, 4.69) is 14.9 Å². The molecule has 29 heavy (non-hydrogen) atoms. The van der Waals surface area contributed by atoms with Gasteiger partial charge in [-0.1, -0.05) is 19.1 Å². The molecule has 1 fully saturated rings. The average Bonchev–Trinajstić information content (AvgIpc) is 3.51. The fraction of sp³-hybridized carbons (Fsp3) is 0.476. The van der Waals surface area contributed by atoms with Crippen LogP contribution >= 0.6 is 0 Å². The second-order valence-electron chi connectivity index (χ2n) is 7.12. The molecule has 1 heterocycles. The fourth-order valence-corrected chi connectivity index (χ4v) is 3.08. The van der Waals surface area contributed by atoms with Crippen LogP contribution in [0.15, 0.2) is 30.5 Å². The Labute approximate surface area is 167 Å². The Morgan fingerprint density at radius 2 is 1.90 bits per heavy atom. The van der Waals surface area contributed by atoms with Gasteiger partial charge >= 0.3 is 12.1 Å². The van der Waals surface area contributed by atoms with Crippen LogP contribution in [0.3, 0.4) is 0 Å². The number of carbonyl (C=O) groups is 1. The van der Waals surface area contributed by atoms with Gasteiger partial charge in [0.15, 0.2) is 5.82 Å². The minimum Gasteiger partial charge on any atom is -0.462 e. The number of anilines is 1. The summed E-state index contributed by atoms with van der Waals surface area (Å²) >= 11 is 0. The normalized spacial score (nSPS) is 14.0. The van der Waals surface area contributed by atoms with Crippen molar-refractivity contribution >= 4 is 11.8 Å². The Morgan fingerprint density at radius 1 is 1.21 bits per heavy atom. The van der Waals surface area contributed by atoms with Crippen molar-refractivity contribution in [2.75, 3.05) is 24.6 Å². The number of nitrogens with zero attached hydrogens (tertiary/aromatic N) is 3. The first kappa shape index (κ1) is 21.1. The summed E-state index contributed by atoms with van der Waals surface area (Å²) in [7, 11) is 0. The molecule has 0 aliphatic heterocycles. The van der Waals surface area contributed by atoms with Crippen LogP contribution in [0.25, 0.3) is 11.4 Å². The van der Waals surface area contributed by atoms with Crippen molar-refractivity contribution < 1.29 is 22.7 Å². The molecule has 0 spiro atoms. The Kier molecular flexibility index (Phi) is 6.39. The monoisotopic (exact) mass is 407 g/mol. The SMILES string of the molecule is CCCN(CC1CC1)c1nc(-c2ccc(C(F)(F)F)cc2)ncc1C(=O)OCC. The molecule has 0 atom stereocenters. The molecule has 1 aliphatic rings.